The van der Waals surface area contributed by atoms with Crippen molar-refractivity contribution in [2.24, 2.45) is 0 Å². The van der Waals surface area contributed by atoms with E-state index in [9.17, 15) is 4.79 Å². The average Bonchev–Trinajstić information content (AvgIpc) is 2.69. The highest BCUT2D eigenvalue weighted by molar-refractivity contribution is 5.92. The molecule has 1 atom stereocenters. The first-order valence-corrected chi connectivity index (χ1v) is 9.20. The van der Waals surface area contributed by atoms with E-state index in [1.807, 2.05) is 54.6 Å². The zero-order chi connectivity index (χ0) is 18.2. The fraction of sp³-hybridized carbons (Fsp3) is 0.318. The predicted molar refractivity (Wildman–Crippen MR) is 107 cm³/mol. The first-order chi connectivity index (χ1) is 12.7. The molecule has 0 unspecified atom stereocenters. The van der Waals surface area contributed by atoms with Gasteiger partial charge in [0.25, 0.3) is 0 Å². The lowest BCUT2D eigenvalue weighted by Crippen LogP contribution is -2.47. The van der Waals surface area contributed by atoms with Gasteiger partial charge in [0.2, 0.25) is 5.91 Å². The highest BCUT2D eigenvalue weighted by Gasteiger charge is 2.20. The van der Waals surface area contributed by atoms with Crippen LogP contribution in [0.1, 0.15) is 17.2 Å². The Morgan fingerprint density at radius 1 is 1.00 bits per heavy atom. The van der Waals surface area contributed by atoms with Crippen LogP contribution in [-0.4, -0.2) is 55.5 Å². The summed E-state index contributed by atoms with van der Waals surface area (Å²) in [6.45, 7) is 5.06. The van der Waals surface area contributed by atoms with Gasteiger partial charge in [0.15, 0.2) is 0 Å². The Kier molecular flexibility index (Phi) is 6.58. The highest BCUT2D eigenvalue weighted by atomic mass is 16.1. The van der Waals surface area contributed by atoms with Gasteiger partial charge in [-0.15, -0.1) is 0 Å². The van der Waals surface area contributed by atoms with Crippen LogP contribution in [0.5, 0.6) is 0 Å². The van der Waals surface area contributed by atoms with Crippen LogP contribution in [0.2, 0.25) is 0 Å². The van der Waals surface area contributed by atoms with Gasteiger partial charge in [0, 0.05) is 38.8 Å². The van der Waals surface area contributed by atoms with Gasteiger partial charge in [0.1, 0.15) is 0 Å². The van der Waals surface area contributed by atoms with Crippen LogP contribution in [0.4, 0.5) is 0 Å². The second-order valence-corrected chi connectivity index (χ2v) is 6.82. The van der Waals surface area contributed by atoms with Gasteiger partial charge in [-0.3, -0.25) is 9.69 Å². The van der Waals surface area contributed by atoms with E-state index >= 15 is 0 Å². The molecule has 1 aliphatic heterocycles. The lowest BCUT2D eigenvalue weighted by Gasteiger charge is -2.34. The molecule has 1 aliphatic rings. The van der Waals surface area contributed by atoms with Gasteiger partial charge < -0.3 is 10.2 Å². The van der Waals surface area contributed by atoms with Crippen molar-refractivity contribution in [2.45, 2.75) is 6.04 Å². The van der Waals surface area contributed by atoms with Crippen LogP contribution >= 0.6 is 0 Å². The molecule has 4 heteroatoms. The molecule has 4 nitrogen and oxygen atoms in total. The number of carbonyl (C=O) groups excluding carboxylic acids is 1. The van der Waals surface area contributed by atoms with Crippen LogP contribution in [0.15, 0.2) is 66.7 Å². The van der Waals surface area contributed by atoms with Gasteiger partial charge in [-0.05, 0) is 24.3 Å². The maximum Gasteiger partial charge on any atom is 0.244 e. The molecule has 0 bridgehead atoms. The van der Waals surface area contributed by atoms with Crippen molar-refractivity contribution in [3.8, 4) is 0 Å². The van der Waals surface area contributed by atoms with E-state index in [4.69, 9.17) is 0 Å². The minimum Gasteiger partial charge on any atom is -0.344 e. The Balaban J connectivity index is 1.65. The molecule has 2 aromatic rings. The summed E-state index contributed by atoms with van der Waals surface area (Å²) in [5.41, 5.74) is 2.17. The number of piperazine rings is 1. The number of likely N-dealkylation sites (N-methyl/N-ethyl adjacent to an activating group) is 1. The van der Waals surface area contributed by atoms with Crippen molar-refractivity contribution in [3.05, 3.63) is 77.9 Å². The van der Waals surface area contributed by atoms with E-state index in [0.717, 1.165) is 43.9 Å². The quantitative estimate of drug-likeness (QED) is 0.815. The number of nitrogens with zero attached hydrogens (tertiary/aromatic N) is 2. The third-order valence-electron chi connectivity index (χ3n) is 4.78. The maximum atomic E-state index is 12.5. The van der Waals surface area contributed by atoms with E-state index in [-0.39, 0.29) is 11.9 Å². The van der Waals surface area contributed by atoms with E-state index in [1.165, 1.54) is 0 Å². The minimum atomic E-state index is -0.0585. The second kappa shape index (κ2) is 9.32. The van der Waals surface area contributed by atoms with Crippen LogP contribution < -0.4 is 5.32 Å². The molecule has 26 heavy (non-hydrogen) atoms. The molecule has 1 N–H and O–H groups in total. The fourth-order valence-corrected chi connectivity index (χ4v) is 3.16. The topological polar surface area (TPSA) is 35.6 Å². The number of benzene rings is 2. The Morgan fingerprint density at radius 2 is 1.62 bits per heavy atom. The Hall–Kier alpha value is -2.43. The highest BCUT2D eigenvalue weighted by Crippen LogP contribution is 2.15. The van der Waals surface area contributed by atoms with Crippen LogP contribution in [0.25, 0.3) is 6.08 Å². The van der Waals surface area contributed by atoms with Crippen LogP contribution in [0, 0.1) is 0 Å². The third kappa shape index (κ3) is 5.55. The van der Waals surface area contributed by atoms with Gasteiger partial charge >= 0.3 is 0 Å². The molecule has 0 spiro atoms. The molecular weight excluding hydrogens is 322 g/mol. The molecule has 1 fully saturated rings. The molecule has 1 amide bonds. The smallest absolute Gasteiger partial charge is 0.244 e. The molecule has 2 aromatic carbocycles. The lowest BCUT2D eigenvalue weighted by atomic mass is 10.1. The van der Waals surface area contributed by atoms with Gasteiger partial charge in [-0.25, -0.2) is 0 Å². The predicted octanol–water partition coefficient (Wildman–Crippen LogP) is 2.80. The molecular formula is C22H27N3O. The average molecular weight is 349 g/mol. The van der Waals surface area contributed by atoms with Gasteiger partial charge in [-0.1, -0.05) is 60.7 Å². The van der Waals surface area contributed by atoms with Gasteiger partial charge in [0.05, 0.1) is 6.04 Å². The summed E-state index contributed by atoms with van der Waals surface area (Å²) in [4.78, 5) is 17.2. The monoisotopic (exact) mass is 349 g/mol. The normalized spacial score (nSPS) is 17.3. The van der Waals surface area contributed by atoms with Crippen LogP contribution in [-0.2, 0) is 4.79 Å². The molecule has 0 saturated carbocycles. The zero-order valence-corrected chi connectivity index (χ0v) is 15.3. The minimum absolute atomic E-state index is 0.00692. The summed E-state index contributed by atoms with van der Waals surface area (Å²) in [5.74, 6) is -0.0585. The first-order valence-electron chi connectivity index (χ1n) is 9.20. The summed E-state index contributed by atoms with van der Waals surface area (Å²) < 4.78 is 0. The largest absolute Gasteiger partial charge is 0.344 e. The van der Waals surface area contributed by atoms with E-state index in [2.05, 4.69) is 34.3 Å². The van der Waals surface area contributed by atoms with E-state index in [0.29, 0.717) is 0 Å². The number of carbonyl (C=O) groups is 1. The van der Waals surface area contributed by atoms with Crippen molar-refractivity contribution in [1.29, 1.82) is 0 Å². The van der Waals surface area contributed by atoms with Crippen molar-refractivity contribution >= 4 is 12.0 Å². The van der Waals surface area contributed by atoms with E-state index < -0.39 is 0 Å². The maximum absolute atomic E-state index is 12.5. The molecule has 3 rings (SSSR count). The van der Waals surface area contributed by atoms with Gasteiger partial charge in [-0.2, -0.15) is 0 Å². The van der Waals surface area contributed by atoms with Crippen molar-refractivity contribution < 1.29 is 4.79 Å². The first kappa shape index (κ1) is 18.4. The number of rotatable bonds is 6. The lowest BCUT2D eigenvalue weighted by molar-refractivity contribution is -0.117. The molecule has 136 valence electrons. The molecule has 1 heterocycles. The van der Waals surface area contributed by atoms with Crippen molar-refractivity contribution in [3.63, 3.8) is 0 Å². The Labute approximate surface area is 156 Å². The summed E-state index contributed by atoms with van der Waals surface area (Å²) in [6.07, 6.45) is 3.47. The summed E-state index contributed by atoms with van der Waals surface area (Å²) in [6, 6.07) is 20.1. The molecule has 0 aromatic heterocycles. The number of amides is 1. The summed E-state index contributed by atoms with van der Waals surface area (Å²) >= 11 is 0. The fourth-order valence-electron chi connectivity index (χ4n) is 3.16. The standard InChI is InChI=1S/C22H27N3O/c1-24-14-16-25(17-15-24)18-21(20-10-6-3-7-11-20)23-22(26)13-12-19-8-4-2-5-9-19/h2-13,21H,14-18H2,1H3,(H,23,26)/b13-12-/t21-/m0/s1. The number of nitrogens with one attached hydrogen (secondary N) is 1. The van der Waals surface area contributed by atoms with E-state index in [1.54, 1.807) is 6.08 Å². The molecule has 1 saturated heterocycles. The second-order valence-electron chi connectivity index (χ2n) is 6.82. The molecule has 0 aliphatic carbocycles. The third-order valence-corrected chi connectivity index (χ3v) is 4.78. The summed E-state index contributed by atoms with van der Waals surface area (Å²) in [5, 5.41) is 3.18. The number of hydrogen-bond acceptors (Lipinski definition) is 3. The van der Waals surface area contributed by atoms with Crippen molar-refractivity contribution in [2.75, 3.05) is 39.8 Å². The Morgan fingerprint density at radius 3 is 2.27 bits per heavy atom. The summed E-state index contributed by atoms with van der Waals surface area (Å²) in [7, 11) is 2.15. The zero-order valence-electron chi connectivity index (χ0n) is 15.3. The Bertz CT molecular complexity index is 707. The van der Waals surface area contributed by atoms with Crippen LogP contribution in [0.3, 0.4) is 0 Å². The van der Waals surface area contributed by atoms with Crippen molar-refractivity contribution in [1.82, 2.24) is 15.1 Å². The molecule has 0 radical (unpaired) electrons. The number of hydrogen-bond donors (Lipinski definition) is 1. The SMILES string of the molecule is CN1CCN(C[C@H](NC(=O)/C=C\c2ccccc2)c2ccccc2)CC1.